The van der Waals surface area contributed by atoms with Crippen LogP contribution in [-0.2, 0) is 14.3 Å². The number of nitrogens with two attached hydrogens (primary N) is 1. The molecule has 1 aromatic rings. The molecule has 0 saturated heterocycles. The van der Waals surface area contributed by atoms with Crippen molar-refractivity contribution in [3.63, 3.8) is 0 Å². The fourth-order valence-electron chi connectivity index (χ4n) is 2.40. The summed E-state index contributed by atoms with van der Waals surface area (Å²) in [6.45, 7) is 6.42. The average molecular weight is 394 g/mol. The van der Waals surface area contributed by atoms with Crippen molar-refractivity contribution >= 4 is 34.8 Å². The van der Waals surface area contributed by atoms with E-state index in [1.807, 2.05) is 45.0 Å². The second-order valence-corrected chi connectivity index (χ2v) is 7.84. The van der Waals surface area contributed by atoms with Crippen LogP contribution in [0.4, 0.5) is 5.69 Å². The van der Waals surface area contributed by atoms with Crippen molar-refractivity contribution in [2.75, 3.05) is 18.4 Å². The lowest BCUT2D eigenvalue weighted by Gasteiger charge is -2.19. The number of hydrogen-bond donors (Lipinski definition) is 3. The molecular formula is C20H31N3O3S. The third kappa shape index (κ3) is 11.2. The number of carbonyl (C=O) groups excluding carboxylic acids is 2. The van der Waals surface area contributed by atoms with E-state index < -0.39 is 5.60 Å². The molecule has 1 rings (SSSR count). The predicted molar refractivity (Wildman–Crippen MR) is 113 cm³/mol. The van der Waals surface area contributed by atoms with Crippen LogP contribution in [-0.4, -0.2) is 35.6 Å². The highest BCUT2D eigenvalue weighted by molar-refractivity contribution is 7.80. The molecule has 4 N–H and O–H groups in total. The molecule has 0 radical (unpaired) electrons. The molecule has 0 spiro atoms. The molecule has 27 heavy (non-hydrogen) atoms. The van der Waals surface area contributed by atoms with E-state index >= 15 is 0 Å². The normalized spacial score (nSPS) is 10.9. The fraction of sp³-hybridized carbons (Fsp3) is 0.550. The number of benzene rings is 1. The van der Waals surface area contributed by atoms with Gasteiger partial charge < -0.3 is 21.1 Å². The zero-order chi connectivity index (χ0) is 20.3. The third-order valence-electron chi connectivity index (χ3n) is 3.65. The maximum Gasteiger partial charge on any atom is 0.306 e. The van der Waals surface area contributed by atoms with Gasteiger partial charge >= 0.3 is 5.97 Å². The molecule has 0 aromatic heterocycles. The summed E-state index contributed by atoms with van der Waals surface area (Å²) < 4.78 is 5.26. The highest BCUT2D eigenvalue weighted by Gasteiger charge is 2.15. The number of thiocarbonyl (C=S) groups is 1. The van der Waals surface area contributed by atoms with Gasteiger partial charge in [0.1, 0.15) is 10.6 Å². The lowest BCUT2D eigenvalue weighted by Crippen LogP contribution is -2.30. The van der Waals surface area contributed by atoms with Gasteiger partial charge in [-0.25, -0.2) is 0 Å². The number of nitrogens with one attached hydrogen (secondary N) is 2. The van der Waals surface area contributed by atoms with Gasteiger partial charge in [0.05, 0.1) is 6.54 Å². The summed E-state index contributed by atoms with van der Waals surface area (Å²) in [5.41, 5.74) is 6.74. The number of carbonyl (C=O) groups is 2. The standard InChI is InChI=1S/C20H31N3O3S/c1-20(2,3)26-18(25)11-6-4-5-7-12-22-17(24)14-23-16-10-8-9-15(13-16)19(21)27/h8-10,13,23H,4-7,11-12,14H2,1-3H3,(H2,21,27)(H,22,24). The van der Waals surface area contributed by atoms with Crippen molar-refractivity contribution in [2.45, 2.75) is 58.5 Å². The van der Waals surface area contributed by atoms with Crippen molar-refractivity contribution in [2.24, 2.45) is 5.73 Å². The van der Waals surface area contributed by atoms with Gasteiger partial charge in [-0.1, -0.05) is 37.2 Å². The lowest BCUT2D eigenvalue weighted by molar-refractivity contribution is -0.154. The smallest absolute Gasteiger partial charge is 0.306 e. The number of anilines is 1. The molecule has 0 bridgehead atoms. The Kier molecular flexibility index (Phi) is 9.78. The number of esters is 1. The molecule has 7 heteroatoms. The minimum Gasteiger partial charge on any atom is -0.460 e. The largest absolute Gasteiger partial charge is 0.460 e. The number of rotatable bonds is 11. The predicted octanol–water partition coefficient (Wildman–Crippen LogP) is 3.14. The van der Waals surface area contributed by atoms with Gasteiger partial charge in [0.15, 0.2) is 0 Å². The molecule has 0 unspecified atom stereocenters. The molecule has 1 amide bonds. The van der Waals surface area contributed by atoms with Crippen molar-refractivity contribution in [1.82, 2.24) is 5.32 Å². The topological polar surface area (TPSA) is 93.4 Å². The molecule has 0 aliphatic carbocycles. The van der Waals surface area contributed by atoms with E-state index in [1.54, 1.807) is 0 Å². The van der Waals surface area contributed by atoms with Crippen LogP contribution in [0, 0.1) is 0 Å². The summed E-state index contributed by atoms with van der Waals surface area (Å²) in [5, 5.41) is 5.93. The molecule has 6 nitrogen and oxygen atoms in total. The molecule has 0 saturated carbocycles. The van der Waals surface area contributed by atoms with E-state index in [0.717, 1.165) is 36.9 Å². The monoisotopic (exact) mass is 393 g/mol. The first-order chi connectivity index (χ1) is 12.7. The van der Waals surface area contributed by atoms with Gasteiger partial charge in [-0.15, -0.1) is 0 Å². The highest BCUT2D eigenvalue weighted by atomic mass is 32.1. The quantitative estimate of drug-likeness (QED) is 0.304. The molecule has 0 heterocycles. The molecule has 150 valence electrons. The second-order valence-electron chi connectivity index (χ2n) is 7.40. The average Bonchev–Trinajstić information content (AvgIpc) is 2.57. The summed E-state index contributed by atoms with van der Waals surface area (Å²) in [6.07, 6.45) is 4.05. The Morgan fingerprint density at radius 2 is 1.85 bits per heavy atom. The van der Waals surface area contributed by atoms with Gasteiger partial charge in [-0.05, 0) is 45.7 Å². The lowest BCUT2D eigenvalue weighted by atomic mass is 10.1. The minimum absolute atomic E-state index is 0.0653. The van der Waals surface area contributed by atoms with Gasteiger partial charge in [0.2, 0.25) is 5.91 Å². The Bertz CT molecular complexity index is 642. The highest BCUT2D eigenvalue weighted by Crippen LogP contribution is 2.11. The van der Waals surface area contributed by atoms with Crippen LogP contribution in [0.2, 0.25) is 0 Å². The van der Waals surface area contributed by atoms with Crippen LogP contribution in [0.25, 0.3) is 0 Å². The van der Waals surface area contributed by atoms with Crippen molar-refractivity contribution in [3.05, 3.63) is 29.8 Å². The summed E-state index contributed by atoms with van der Waals surface area (Å²) in [5.74, 6) is -0.217. The van der Waals surface area contributed by atoms with Gasteiger partial charge in [0.25, 0.3) is 0 Å². The zero-order valence-electron chi connectivity index (χ0n) is 16.5. The summed E-state index contributed by atoms with van der Waals surface area (Å²) in [7, 11) is 0. The zero-order valence-corrected chi connectivity index (χ0v) is 17.3. The number of amides is 1. The molecule has 0 fully saturated rings. The molecular weight excluding hydrogens is 362 g/mol. The Morgan fingerprint density at radius 1 is 1.15 bits per heavy atom. The van der Waals surface area contributed by atoms with Crippen LogP contribution in [0.15, 0.2) is 24.3 Å². The Morgan fingerprint density at radius 3 is 2.52 bits per heavy atom. The summed E-state index contributed by atoms with van der Waals surface area (Å²) in [6, 6.07) is 7.35. The molecule has 0 aliphatic rings. The van der Waals surface area contributed by atoms with E-state index in [-0.39, 0.29) is 18.4 Å². The van der Waals surface area contributed by atoms with Gasteiger partial charge in [-0.2, -0.15) is 0 Å². The van der Waals surface area contributed by atoms with Gasteiger partial charge in [0, 0.05) is 24.2 Å². The van der Waals surface area contributed by atoms with Crippen LogP contribution in [0.1, 0.15) is 58.4 Å². The van der Waals surface area contributed by atoms with Crippen molar-refractivity contribution in [3.8, 4) is 0 Å². The molecule has 1 aromatic carbocycles. The van der Waals surface area contributed by atoms with E-state index in [0.29, 0.717) is 18.0 Å². The van der Waals surface area contributed by atoms with E-state index in [2.05, 4.69) is 10.6 Å². The van der Waals surface area contributed by atoms with Crippen LogP contribution < -0.4 is 16.4 Å². The van der Waals surface area contributed by atoms with E-state index in [9.17, 15) is 9.59 Å². The van der Waals surface area contributed by atoms with Crippen LogP contribution >= 0.6 is 12.2 Å². The minimum atomic E-state index is -0.424. The van der Waals surface area contributed by atoms with Crippen molar-refractivity contribution in [1.29, 1.82) is 0 Å². The van der Waals surface area contributed by atoms with Crippen LogP contribution in [0.3, 0.4) is 0 Å². The SMILES string of the molecule is CC(C)(C)OC(=O)CCCCCCNC(=O)CNc1cccc(C(N)=S)c1. The Hall–Kier alpha value is -2.15. The van der Waals surface area contributed by atoms with E-state index in [4.69, 9.17) is 22.7 Å². The number of hydrogen-bond acceptors (Lipinski definition) is 5. The first-order valence-corrected chi connectivity index (χ1v) is 9.70. The van der Waals surface area contributed by atoms with Crippen molar-refractivity contribution < 1.29 is 14.3 Å². The first kappa shape index (κ1) is 22.9. The molecule has 0 atom stereocenters. The maximum atomic E-state index is 11.9. The number of unbranched alkanes of at least 4 members (excludes halogenated alkanes) is 3. The van der Waals surface area contributed by atoms with E-state index in [1.165, 1.54) is 0 Å². The second kappa shape index (κ2) is 11.5. The Labute approximate surface area is 167 Å². The fourth-order valence-corrected chi connectivity index (χ4v) is 2.52. The van der Waals surface area contributed by atoms with Gasteiger partial charge in [-0.3, -0.25) is 9.59 Å². The first-order valence-electron chi connectivity index (χ1n) is 9.29. The summed E-state index contributed by atoms with van der Waals surface area (Å²) in [4.78, 5) is 23.8. The summed E-state index contributed by atoms with van der Waals surface area (Å²) >= 11 is 4.94. The molecule has 0 aliphatic heterocycles. The van der Waals surface area contributed by atoms with Crippen LogP contribution in [0.5, 0.6) is 0 Å². The number of ether oxygens (including phenoxy) is 1. The Balaban J connectivity index is 2.08. The maximum absolute atomic E-state index is 11.9. The third-order valence-corrected chi connectivity index (χ3v) is 3.89.